The van der Waals surface area contributed by atoms with Crippen LogP contribution in [0.3, 0.4) is 0 Å². The molecule has 3 heteroatoms. The van der Waals surface area contributed by atoms with E-state index < -0.39 is 0 Å². The lowest BCUT2D eigenvalue weighted by Gasteiger charge is -2.21. The zero-order chi connectivity index (χ0) is 12.3. The van der Waals surface area contributed by atoms with Crippen LogP contribution in [-0.4, -0.2) is 31.7 Å². The van der Waals surface area contributed by atoms with Crippen LogP contribution in [0.1, 0.15) is 18.4 Å². The van der Waals surface area contributed by atoms with E-state index in [4.69, 9.17) is 10.00 Å². The van der Waals surface area contributed by atoms with Crippen molar-refractivity contribution in [2.75, 3.05) is 26.8 Å². The van der Waals surface area contributed by atoms with Crippen LogP contribution in [0.4, 0.5) is 0 Å². The summed E-state index contributed by atoms with van der Waals surface area (Å²) in [5.41, 5.74) is 1.31. The minimum Gasteiger partial charge on any atom is -0.383 e. The molecule has 1 rings (SSSR count). The molecule has 17 heavy (non-hydrogen) atoms. The summed E-state index contributed by atoms with van der Waals surface area (Å²) in [6, 6.07) is 12.6. The van der Waals surface area contributed by atoms with Gasteiger partial charge in [-0.3, -0.25) is 4.90 Å². The Labute approximate surface area is 104 Å². The van der Waals surface area contributed by atoms with Gasteiger partial charge in [0.1, 0.15) is 0 Å². The van der Waals surface area contributed by atoms with E-state index in [1.54, 1.807) is 7.11 Å². The molecule has 0 amide bonds. The fraction of sp³-hybridized carbons (Fsp3) is 0.500. The third-order valence-corrected chi connectivity index (χ3v) is 2.62. The lowest BCUT2D eigenvalue weighted by atomic mass is 10.2. The number of benzene rings is 1. The third-order valence-electron chi connectivity index (χ3n) is 2.62. The first-order valence-corrected chi connectivity index (χ1v) is 5.99. The molecule has 1 aromatic carbocycles. The quantitative estimate of drug-likeness (QED) is 0.646. The lowest BCUT2D eigenvalue weighted by molar-refractivity contribution is 0.143. The highest BCUT2D eigenvalue weighted by Gasteiger charge is 2.05. The second-order valence-electron chi connectivity index (χ2n) is 4.02. The van der Waals surface area contributed by atoms with Crippen LogP contribution in [-0.2, 0) is 11.3 Å². The molecule has 0 aliphatic rings. The highest BCUT2D eigenvalue weighted by atomic mass is 16.5. The standard InChI is InChI=1S/C14H20N2O/c1-17-12-11-16(10-6-5-9-15)13-14-7-3-2-4-8-14/h2-4,7-8H,5-6,10-13H2,1H3. The topological polar surface area (TPSA) is 36.3 Å². The van der Waals surface area contributed by atoms with Gasteiger partial charge in [-0.05, 0) is 18.5 Å². The van der Waals surface area contributed by atoms with E-state index in [0.29, 0.717) is 6.42 Å². The summed E-state index contributed by atoms with van der Waals surface area (Å²) in [6.45, 7) is 3.53. The molecular formula is C14H20N2O. The monoisotopic (exact) mass is 232 g/mol. The molecule has 92 valence electrons. The average molecular weight is 232 g/mol. The van der Waals surface area contributed by atoms with Crippen LogP contribution < -0.4 is 0 Å². The Kier molecular flexibility index (Phi) is 7.04. The Morgan fingerprint density at radius 3 is 2.65 bits per heavy atom. The van der Waals surface area contributed by atoms with Gasteiger partial charge in [-0.1, -0.05) is 30.3 Å². The molecule has 0 radical (unpaired) electrons. The van der Waals surface area contributed by atoms with Crippen LogP contribution in [0.5, 0.6) is 0 Å². The van der Waals surface area contributed by atoms with Crippen LogP contribution in [0.25, 0.3) is 0 Å². The second-order valence-corrected chi connectivity index (χ2v) is 4.02. The van der Waals surface area contributed by atoms with E-state index in [2.05, 4.69) is 35.2 Å². The molecule has 0 N–H and O–H groups in total. The predicted molar refractivity (Wildman–Crippen MR) is 68.4 cm³/mol. The maximum atomic E-state index is 8.55. The Hall–Kier alpha value is -1.37. The van der Waals surface area contributed by atoms with Crippen molar-refractivity contribution in [1.82, 2.24) is 4.90 Å². The van der Waals surface area contributed by atoms with E-state index in [9.17, 15) is 0 Å². The number of rotatable bonds is 8. The minimum atomic E-state index is 0.623. The Balaban J connectivity index is 2.42. The molecule has 0 unspecified atom stereocenters. The second kappa shape index (κ2) is 8.74. The number of hydrogen-bond acceptors (Lipinski definition) is 3. The highest BCUT2D eigenvalue weighted by molar-refractivity contribution is 5.14. The van der Waals surface area contributed by atoms with Crippen LogP contribution in [0.15, 0.2) is 30.3 Å². The van der Waals surface area contributed by atoms with Crippen molar-refractivity contribution < 1.29 is 4.74 Å². The predicted octanol–water partition coefficient (Wildman–Crippen LogP) is 2.44. The third kappa shape index (κ3) is 6.06. The minimum absolute atomic E-state index is 0.623. The van der Waals surface area contributed by atoms with Gasteiger partial charge >= 0.3 is 0 Å². The first kappa shape index (κ1) is 13.7. The SMILES string of the molecule is COCCN(CCCC#N)Cc1ccccc1. The van der Waals surface area contributed by atoms with Gasteiger partial charge in [0.05, 0.1) is 12.7 Å². The molecular weight excluding hydrogens is 212 g/mol. The molecule has 0 saturated heterocycles. The van der Waals surface area contributed by atoms with E-state index in [0.717, 1.165) is 32.7 Å². The molecule has 0 bridgehead atoms. The van der Waals surface area contributed by atoms with Crippen LogP contribution in [0, 0.1) is 11.3 Å². The van der Waals surface area contributed by atoms with Crippen molar-refractivity contribution >= 4 is 0 Å². The molecule has 0 heterocycles. The fourth-order valence-electron chi connectivity index (χ4n) is 1.71. The molecule has 0 aliphatic heterocycles. The molecule has 0 aromatic heterocycles. The summed E-state index contributed by atoms with van der Waals surface area (Å²) in [6.07, 6.45) is 1.55. The number of hydrogen-bond donors (Lipinski definition) is 0. The maximum absolute atomic E-state index is 8.55. The summed E-state index contributed by atoms with van der Waals surface area (Å²) >= 11 is 0. The first-order valence-electron chi connectivity index (χ1n) is 5.99. The van der Waals surface area contributed by atoms with Crippen molar-refractivity contribution in [1.29, 1.82) is 5.26 Å². The average Bonchev–Trinajstić information content (AvgIpc) is 2.37. The summed E-state index contributed by atoms with van der Waals surface area (Å²) < 4.78 is 5.11. The molecule has 0 spiro atoms. The number of nitriles is 1. The van der Waals surface area contributed by atoms with Crippen LogP contribution in [0.2, 0.25) is 0 Å². The van der Waals surface area contributed by atoms with E-state index in [1.165, 1.54) is 5.56 Å². The zero-order valence-electron chi connectivity index (χ0n) is 10.4. The summed E-state index contributed by atoms with van der Waals surface area (Å²) in [5.74, 6) is 0. The summed E-state index contributed by atoms with van der Waals surface area (Å²) in [5, 5.41) is 8.55. The first-order chi connectivity index (χ1) is 8.36. The Morgan fingerprint density at radius 2 is 2.00 bits per heavy atom. The number of unbranched alkanes of at least 4 members (excludes halogenated alkanes) is 1. The van der Waals surface area contributed by atoms with Gasteiger partial charge in [0.2, 0.25) is 0 Å². The fourth-order valence-corrected chi connectivity index (χ4v) is 1.71. The van der Waals surface area contributed by atoms with Crippen LogP contribution >= 0.6 is 0 Å². The zero-order valence-corrected chi connectivity index (χ0v) is 10.4. The molecule has 0 atom stereocenters. The van der Waals surface area contributed by atoms with Crippen molar-refractivity contribution in [3.05, 3.63) is 35.9 Å². The number of nitrogens with zero attached hydrogens (tertiary/aromatic N) is 2. The van der Waals surface area contributed by atoms with Crippen molar-refractivity contribution in [3.8, 4) is 6.07 Å². The Bertz CT molecular complexity index is 332. The summed E-state index contributed by atoms with van der Waals surface area (Å²) in [4.78, 5) is 2.33. The van der Waals surface area contributed by atoms with Gasteiger partial charge in [-0.2, -0.15) is 5.26 Å². The molecule has 0 saturated carbocycles. The largest absolute Gasteiger partial charge is 0.383 e. The van der Waals surface area contributed by atoms with E-state index in [1.807, 2.05) is 6.07 Å². The molecule has 0 aliphatic carbocycles. The smallest absolute Gasteiger partial charge is 0.0622 e. The molecule has 1 aromatic rings. The molecule has 0 fully saturated rings. The van der Waals surface area contributed by atoms with Gasteiger partial charge < -0.3 is 4.74 Å². The van der Waals surface area contributed by atoms with Gasteiger partial charge in [0.25, 0.3) is 0 Å². The van der Waals surface area contributed by atoms with Gasteiger partial charge in [-0.25, -0.2) is 0 Å². The van der Waals surface area contributed by atoms with Crippen molar-refractivity contribution in [3.63, 3.8) is 0 Å². The van der Waals surface area contributed by atoms with Gasteiger partial charge in [0.15, 0.2) is 0 Å². The van der Waals surface area contributed by atoms with Crippen molar-refractivity contribution in [2.45, 2.75) is 19.4 Å². The normalized spacial score (nSPS) is 10.4. The molecule has 3 nitrogen and oxygen atoms in total. The maximum Gasteiger partial charge on any atom is 0.0622 e. The Morgan fingerprint density at radius 1 is 1.24 bits per heavy atom. The number of methoxy groups -OCH3 is 1. The van der Waals surface area contributed by atoms with E-state index >= 15 is 0 Å². The lowest BCUT2D eigenvalue weighted by Crippen LogP contribution is -2.28. The van der Waals surface area contributed by atoms with E-state index in [-0.39, 0.29) is 0 Å². The van der Waals surface area contributed by atoms with Gasteiger partial charge in [0, 0.05) is 26.6 Å². The highest BCUT2D eigenvalue weighted by Crippen LogP contribution is 2.05. The number of ether oxygens (including phenoxy) is 1. The van der Waals surface area contributed by atoms with Gasteiger partial charge in [-0.15, -0.1) is 0 Å². The summed E-state index contributed by atoms with van der Waals surface area (Å²) in [7, 11) is 1.72. The van der Waals surface area contributed by atoms with Crippen molar-refractivity contribution in [2.24, 2.45) is 0 Å².